The molecule has 0 bridgehead atoms. The lowest BCUT2D eigenvalue weighted by molar-refractivity contribution is 0.416. The summed E-state index contributed by atoms with van der Waals surface area (Å²) in [6, 6.07) is 85.4. The molecule has 0 saturated carbocycles. The van der Waals surface area contributed by atoms with Crippen molar-refractivity contribution in [1.82, 2.24) is 0 Å². The zero-order chi connectivity index (χ0) is 44.6. The van der Waals surface area contributed by atoms with E-state index >= 15 is 0 Å². The first-order valence-electron chi connectivity index (χ1n) is 22.6. The van der Waals surface area contributed by atoms with E-state index in [4.69, 9.17) is 4.74 Å². The molecule has 0 radical (unpaired) electrons. The van der Waals surface area contributed by atoms with Gasteiger partial charge in [-0.2, -0.15) is 0 Å². The fourth-order valence-corrected chi connectivity index (χ4v) is 9.76. The van der Waals surface area contributed by atoms with Gasteiger partial charge in [-0.3, -0.25) is 0 Å². The summed E-state index contributed by atoms with van der Waals surface area (Å²) in [5.74, 6) is 0.803. The Morgan fingerprint density at radius 2 is 0.742 bits per heavy atom. The van der Waals surface area contributed by atoms with Crippen LogP contribution in [0.1, 0.15) is 11.1 Å². The summed E-state index contributed by atoms with van der Waals surface area (Å²) in [4.78, 5) is 4.79. The summed E-state index contributed by atoms with van der Waals surface area (Å²) in [7, 11) is 1.79. The van der Waals surface area contributed by atoms with Crippen molar-refractivity contribution in [2.75, 3.05) is 16.9 Å². The Morgan fingerprint density at radius 1 is 0.288 bits per heavy atom. The van der Waals surface area contributed by atoms with Gasteiger partial charge in [0.2, 0.25) is 0 Å². The Bertz CT molecular complexity index is 3530. The SMILES string of the molecule is COc1cc(N(c2ccccc2)c2ccccc2-c2ccccc2)ccc1-c1cc2c3cc(C)ccc3c(N(c3ccccc3)c3ccccc3-c3ccccc3)cc2c2cc(C)ccc12. The van der Waals surface area contributed by atoms with Crippen LogP contribution in [0.3, 0.4) is 0 Å². The second-order valence-electron chi connectivity index (χ2n) is 17.0. The summed E-state index contributed by atoms with van der Waals surface area (Å²) >= 11 is 0. The molecule has 0 fully saturated rings. The smallest absolute Gasteiger partial charge is 0.128 e. The summed E-state index contributed by atoms with van der Waals surface area (Å²) in [5, 5.41) is 7.15. The largest absolute Gasteiger partial charge is 0.496 e. The molecule has 0 spiro atoms. The summed E-state index contributed by atoms with van der Waals surface area (Å²) in [5.41, 5.74) is 15.7. The number of ether oxygens (including phenoxy) is 1. The molecule has 0 atom stereocenters. The van der Waals surface area contributed by atoms with E-state index < -0.39 is 0 Å². The monoisotopic (exact) mass is 848 g/mol. The summed E-state index contributed by atoms with van der Waals surface area (Å²) in [6.45, 7) is 4.39. The molecule has 66 heavy (non-hydrogen) atoms. The van der Waals surface area contributed by atoms with Crippen LogP contribution in [0.25, 0.3) is 65.7 Å². The molecule has 0 aliphatic carbocycles. The van der Waals surface area contributed by atoms with Gasteiger partial charge in [-0.25, -0.2) is 0 Å². The Labute approximate surface area is 387 Å². The molecule has 316 valence electrons. The normalized spacial score (nSPS) is 11.3. The molecule has 0 unspecified atom stereocenters. The third-order valence-corrected chi connectivity index (χ3v) is 12.8. The van der Waals surface area contributed by atoms with Crippen LogP contribution in [-0.2, 0) is 0 Å². The lowest BCUT2D eigenvalue weighted by Gasteiger charge is -2.30. The molecule has 0 amide bonds. The molecule has 3 nitrogen and oxygen atoms in total. The van der Waals surface area contributed by atoms with Gasteiger partial charge in [0, 0.05) is 45.2 Å². The molecule has 11 rings (SSSR count). The number of methoxy groups -OCH3 is 1. The van der Waals surface area contributed by atoms with Gasteiger partial charge in [-0.15, -0.1) is 0 Å². The number of rotatable bonds is 10. The van der Waals surface area contributed by atoms with Crippen LogP contribution in [0, 0.1) is 13.8 Å². The number of hydrogen-bond acceptors (Lipinski definition) is 3. The van der Waals surface area contributed by atoms with E-state index in [-0.39, 0.29) is 0 Å². The summed E-state index contributed by atoms with van der Waals surface area (Å²) in [6.07, 6.45) is 0. The third kappa shape index (κ3) is 7.31. The van der Waals surface area contributed by atoms with Crippen molar-refractivity contribution in [1.29, 1.82) is 0 Å². The number of nitrogens with zero attached hydrogens (tertiary/aromatic N) is 2. The zero-order valence-electron chi connectivity index (χ0n) is 37.3. The van der Waals surface area contributed by atoms with Gasteiger partial charge < -0.3 is 14.5 Å². The zero-order valence-corrected chi connectivity index (χ0v) is 37.3. The molecule has 0 aromatic heterocycles. The number of para-hydroxylation sites is 4. The molecular weight excluding hydrogens is 801 g/mol. The van der Waals surface area contributed by atoms with Crippen molar-refractivity contribution >= 4 is 66.4 Å². The number of anilines is 6. The Balaban J connectivity index is 1.15. The Morgan fingerprint density at radius 3 is 1.32 bits per heavy atom. The Kier molecular flexibility index (Phi) is 10.6. The van der Waals surface area contributed by atoms with Gasteiger partial charge in [0.1, 0.15) is 5.75 Å². The maximum atomic E-state index is 6.43. The van der Waals surface area contributed by atoms with Crippen molar-refractivity contribution in [2.24, 2.45) is 0 Å². The highest BCUT2D eigenvalue weighted by Gasteiger charge is 2.24. The summed E-state index contributed by atoms with van der Waals surface area (Å²) < 4.78 is 6.43. The van der Waals surface area contributed by atoms with Gasteiger partial charge in [0.25, 0.3) is 0 Å². The van der Waals surface area contributed by atoms with Crippen LogP contribution in [-0.4, -0.2) is 7.11 Å². The van der Waals surface area contributed by atoms with E-state index in [0.717, 1.165) is 62.1 Å². The second-order valence-corrected chi connectivity index (χ2v) is 17.0. The van der Waals surface area contributed by atoms with Gasteiger partial charge in [0.15, 0.2) is 0 Å². The lowest BCUT2D eigenvalue weighted by Crippen LogP contribution is -2.12. The van der Waals surface area contributed by atoms with Gasteiger partial charge in [-0.05, 0) is 118 Å². The number of benzene rings is 11. The quantitative estimate of drug-likeness (QED) is 0.128. The minimum atomic E-state index is 0.803. The van der Waals surface area contributed by atoms with Crippen LogP contribution in [0.2, 0.25) is 0 Å². The first-order valence-corrected chi connectivity index (χ1v) is 22.6. The average Bonchev–Trinajstić information content (AvgIpc) is 3.38. The van der Waals surface area contributed by atoms with Crippen molar-refractivity contribution in [3.8, 4) is 39.1 Å². The fourth-order valence-electron chi connectivity index (χ4n) is 9.76. The Hall–Kier alpha value is -8.40. The minimum Gasteiger partial charge on any atom is -0.496 e. The van der Waals surface area contributed by atoms with Gasteiger partial charge >= 0.3 is 0 Å². The topological polar surface area (TPSA) is 15.7 Å². The number of aryl methyl sites for hydroxylation is 2. The van der Waals surface area contributed by atoms with Crippen molar-refractivity contribution < 1.29 is 4.74 Å². The predicted molar refractivity (Wildman–Crippen MR) is 281 cm³/mol. The third-order valence-electron chi connectivity index (χ3n) is 12.8. The van der Waals surface area contributed by atoms with Crippen molar-refractivity contribution in [3.63, 3.8) is 0 Å². The highest BCUT2D eigenvalue weighted by atomic mass is 16.5. The van der Waals surface area contributed by atoms with Gasteiger partial charge in [-0.1, -0.05) is 181 Å². The van der Waals surface area contributed by atoms with E-state index in [1.54, 1.807) is 7.11 Å². The highest BCUT2D eigenvalue weighted by Crippen LogP contribution is 2.50. The minimum absolute atomic E-state index is 0.803. The van der Waals surface area contributed by atoms with E-state index in [1.165, 1.54) is 54.6 Å². The molecule has 0 heterocycles. The van der Waals surface area contributed by atoms with Crippen LogP contribution in [0.15, 0.2) is 237 Å². The molecular formula is C63H48N2O. The molecule has 0 N–H and O–H groups in total. The fraction of sp³-hybridized carbons (Fsp3) is 0.0476. The lowest BCUT2D eigenvalue weighted by atomic mass is 9.88. The number of fused-ring (bicyclic) bond motifs is 5. The maximum absolute atomic E-state index is 6.43. The standard InChI is InChI=1S/C63H48N2O/c1-43-32-35-52-55(38-43)59-42-62(65(48-26-14-7-15-27-48)61-31-19-17-29-51(61)46-22-10-5-11-23-46)53-36-33-44(2)39-56(53)58(59)41-57(52)54-37-34-49(40-63(54)66-3)64(47-24-12-6-13-25-47)60-30-18-16-28-50(60)45-20-8-4-9-21-45/h4-42H,1-3H3. The first kappa shape index (κ1) is 40.4. The molecule has 3 heteroatoms. The first-order chi connectivity index (χ1) is 32.5. The second kappa shape index (κ2) is 17.3. The van der Waals surface area contributed by atoms with Crippen LogP contribution in [0.5, 0.6) is 5.75 Å². The van der Waals surface area contributed by atoms with Crippen LogP contribution < -0.4 is 14.5 Å². The van der Waals surface area contributed by atoms with E-state index in [9.17, 15) is 0 Å². The predicted octanol–water partition coefficient (Wildman–Crippen LogP) is 17.7. The van der Waals surface area contributed by atoms with Gasteiger partial charge in [0.05, 0.1) is 24.2 Å². The van der Waals surface area contributed by atoms with Crippen LogP contribution in [0.4, 0.5) is 34.1 Å². The van der Waals surface area contributed by atoms with Crippen LogP contribution >= 0.6 is 0 Å². The average molecular weight is 849 g/mol. The molecule has 11 aromatic rings. The van der Waals surface area contributed by atoms with E-state index in [0.29, 0.717) is 0 Å². The van der Waals surface area contributed by atoms with E-state index in [1.807, 2.05) is 0 Å². The molecule has 0 saturated heterocycles. The highest BCUT2D eigenvalue weighted by molar-refractivity contribution is 6.24. The maximum Gasteiger partial charge on any atom is 0.128 e. The van der Waals surface area contributed by atoms with Crippen molar-refractivity contribution in [2.45, 2.75) is 13.8 Å². The molecule has 11 aromatic carbocycles. The molecule has 0 aliphatic heterocycles. The van der Waals surface area contributed by atoms with Crippen molar-refractivity contribution in [3.05, 3.63) is 248 Å². The number of hydrogen-bond donors (Lipinski definition) is 0. The van der Waals surface area contributed by atoms with E-state index in [2.05, 4.69) is 260 Å². The molecule has 0 aliphatic rings.